The van der Waals surface area contributed by atoms with Crippen molar-refractivity contribution in [2.24, 2.45) is 0 Å². The minimum atomic E-state index is -0.566. The Kier molecular flexibility index (Phi) is 2.46. The first-order chi connectivity index (χ1) is 7.44. The normalized spacial score (nSPS) is 14.9. The number of hydrogen-bond donors (Lipinski definition) is 2. The van der Waals surface area contributed by atoms with Crippen LogP contribution in [-0.2, 0) is 16.6 Å². The molecule has 0 unspecified atom stereocenters. The van der Waals surface area contributed by atoms with Crippen molar-refractivity contribution >= 4 is 11.6 Å². The van der Waals surface area contributed by atoms with Crippen LogP contribution in [0.2, 0.25) is 0 Å². The summed E-state index contributed by atoms with van der Waals surface area (Å²) in [5.41, 5.74) is 1.41. The number of halogens is 1. The summed E-state index contributed by atoms with van der Waals surface area (Å²) in [6.07, 6.45) is 0.210. The second kappa shape index (κ2) is 3.56. The van der Waals surface area contributed by atoms with Gasteiger partial charge >= 0.3 is 0 Å². The SMILES string of the molecule is CC(C)(CO)c1cc(F)cc2c1NC(=O)C2. The number of rotatable bonds is 2. The molecule has 1 aliphatic heterocycles. The van der Waals surface area contributed by atoms with E-state index in [1.54, 1.807) is 0 Å². The lowest BCUT2D eigenvalue weighted by Gasteiger charge is -2.25. The van der Waals surface area contributed by atoms with Gasteiger partial charge in [-0.1, -0.05) is 13.8 Å². The van der Waals surface area contributed by atoms with E-state index in [9.17, 15) is 14.3 Å². The zero-order valence-corrected chi connectivity index (χ0v) is 9.30. The number of anilines is 1. The van der Waals surface area contributed by atoms with Gasteiger partial charge in [0.2, 0.25) is 5.91 Å². The molecular weight excluding hydrogens is 209 g/mol. The minimum absolute atomic E-state index is 0.0984. The summed E-state index contributed by atoms with van der Waals surface area (Å²) in [7, 11) is 0. The molecule has 1 aliphatic rings. The van der Waals surface area contributed by atoms with Crippen LogP contribution in [0.5, 0.6) is 0 Å². The summed E-state index contributed by atoms with van der Waals surface area (Å²) in [6.45, 7) is 3.53. The fourth-order valence-corrected chi connectivity index (χ4v) is 1.93. The fraction of sp³-hybridized carbons (Fsp3) is 0.417. The van der Waals surface area contributed by atoms with Gasteiger partial charge in [-0.05, 0) is 23.3 Å². The Morgan fingerprint density at radius 3 is 2.81 bits per heavy atom. The monoisotopic (exact) mass is 223 g/mol. The van der Waals surface area contributed by atoms with Crippen molar-refractivity contribution in [3.8, 4) is 0 Å². The van der Waals surface area contributed by atoms with Gasteiger partial charge in [0.05, 0.1) is 13.0 Å². The maximum Gasteiger partial charge on any atom is 0.228 e. The van der Waals surface area contributed by atoms with Crippen molar-refractivity contribution < 1.29 is 14.3 Å². The van der Waals surface area contributed by atoms with Crippen molar-refractivity contribution in [2.45, 2.75) is 25.7 Å². The average Bonchev–Trinajstić information content (AvgIpc) is 2.56. The number of benzene rings is 1. The molecule has 16 heavy (non-hydrogen) atoms. The molecule has 0 radical (unpaired) electrons. The zero-order valence-electron chi connectivity index (χ0n) is 9.30. The summed E-state index contributed by atoms with van der Waals surface area (Å²) in [5, 5.41) is 12.0. The predicted octanol–water partition coefficient (Wildman–Crippen LogP) is 1.59. The van der Waals surface area contributed by atoms with Crippen LogP contribution in [0.4, 0.5) is 10.1 Å². The van der Waals surface area contributed by atoms with E-state index in [0.29, 0.717) is 16.8 Å². The smallest absolute Gasteiger partial charge is 0.228 e. The third kappa shape index (κ3) is 1.69. The molecule has 0 fully saturated rings. The third-order valence-electron chi connectivity index (χ3n) is 2.92. The standard InChI is InChI=1S/C12H14FNO2/c1-12(2,6-15)9-5-8(13)3-7-4-10(16)14-11(7)9/h3,5,15H,4,6H2,1-2H3,(H,14,16). The van der Waals surface area contributed by atoms with Gasteiger partial charge in [-0.15, -0.1) is 0 Å². The molecule has 4 heteroatoms. The van der Waals surface area contributed by atoms with Gasteiger partial charge in [0.1, 0.15) is 5.82 Å². The number of nitrogens with one attached hydrogen (secondary N) is 1. The Bertz CT molecular complexity index is 455. The average molecular weight is 223 g/mol. The highest BCUT2D eigenvalue weighted by atomic mass is 19.1. The van der Waals surface area contributed by atoms with Crippen molar-refractivity contribution in [1.29, 1.82) is 0 Å². The Labute approximate surface area is 93.3 Å². The Morgan fingerprint density at radius 1 is 1.50 bits per heavy atom. The van der Waals surface area contributed by atoms with E-state index in [-0.39, 0.29) is 24.8 Å². The van der Waals surface area contributed by atoms with Crippen molar-refractivity contribution in [2.75, 3.05) is 11.9 Å². The molecule has 0 atom stereocenters. The molecule has 0 spiro atoms. The number of aliphatic hydroxyl groups excluding tert-OH is 1. The molecule has 0 aliphatic carbocycles. The molecule has 2 rings (SSSR count). The number of aliphatic hydroxyl groups is 1. The maximum atomic E-state index is 13.4. The highest BCUT2D eigenvalue weighted by Crippen LogP contribution is 2.36. The van der Waals surface area contributed by atoms with Crippen molar-refractivity contribution in [1.82, 2.24) is 0 Å². The molecule has 2 N–H and O–H groups in total. The summed E-state index contributed by atoms with van der Waals surface area (Å²) in [6, 6.07) is 2.74. The molecule has 86 valence electrons. The number of carbonyl (C=O) groups is 1. The van der Waals surface area contributed by atoms with Crippen LogP contribution in [0.1, 0.15) is 25.0 Å². The van der Waals surface area contributed by atoms with Gasteiger partial charge in [-0.25, -0.2) is 4.39 Å². The van der Waals surface area contributed by atoms with Crippen LogP contribution in [0, 0.1) is 5.82 Å². The highest BCUT2D eigenvalue weighted by Gasteiger charge is 2.29. The molecule has 0 aromatic heterocycles. The van der Waals surface area contributed by atoms with E-state index < -0.39 is 5.41 Å². The second-order valence-corrected chi connectivity index (χ2v) is 4.75. The largest absolute Gasteiger partial charge is 0.395 e. The second-order valence-electron chi connectivity index (χ2n) is 4.75. The van der Waals surface area contributed by atoms with E-state index >= 15 is 0 Å². The van der Waals surface area contributed by atoms with Gasteiger partial charge in [0.25, 0.3) is 0 Å². The molecule has 3 nitrogen and oxygen atoms in total. The van der Waals surface area contributed by atoms with Gasteiger partial charge in [0, 0.05) is 11.1 Å². The van der Waals surface area contributed by atoms with Crippen LogP contribution < -0.4 is 5.32 Å². The molecule has 0 saturated carbocycles. The van der Waals surface area contributed by atoms with E-state index in [1.807, 2.05) is 13.8 Å². The van der Waals surface area contributed by atoms with E-state index in [2.05, 4.69) is 5.32 Å². The van der Waals surface area contributed by atoms with Crippen molar-refractivity contribution in [3.63, 3.8) is 0 Å². The summed E-state index contributed by atoms with van der Waals surface area (Å²) < 4.78 is 13.4. The Balaban J connectivity index is 2.59. The number of amides is 1. The van der Waals surface area contributed by atoms with Crippen LogP contribution >= 0.6 is 0 Å². The molecular formula is C12H14FNO2. The number of fused-ring (bicyclic) bond motifs is 1. The van der Waals surface area contributed by atoms with Crippen LogP contribution in [-0.4, -0.2) is 17.6 Å². The van der Waals surface area contributed by atoms with Gasteiger partial charge in [0.15, 0.2) is 0 Å². The van der Waals surface area contributed by atoms with Gasteiger partial charge in [-0.3, -0.25) is 4.79 Å². The third-order valence-corrected chi connectivity index (χ3v) is 2.92. The zero-order chi connectivity index (χ0) is 11.9. The van der Waals surface area contributed by atoms with Crippen LogP contribution in [0.25, 0.3) is 0 Å². The Morgan fingerprint density at radius 2 is 2.19 bits per heavy atom. The fourth-order valence-electron chi connectivity index (χ4n) is 1.93. The van der Waals surface area contributed by atoms with Gasteiger partial charge < -0.3 is 10.4 Å². The minimum Gasteiger partial charge on any atom is -0.395 e. The van der Waals surface area contributed by atoms with Crippen LogP contribution in [0.15, 0.2) is 12.1 Å². The quantitative estimate of drug-likeness (QED) is 0.800. The maximum absolute atomic E-state index is 13.4. The van der Waals surface area contributed by atoms with E-state index in [0.717, 1.165) is 0 Å². The topological polar surface area (TPSA) is 49.3 Å². The van der Waals surface area contributed by atoms with Crippen LogP contribution in [0.3, 0.4) is 0 Å². The molecule has 1 aromatic rings. The lowest BCUT2D eigenvalue weighted by Crippen LogP contribution is -2.24. The lowest BCUT2D eigenvalue weighted by molar-refractivity contribution is -0.115. The number of carbonyl (C=O) groups excluding carboxylic acids is 1. The summed E-state index contributed by atoms with van der Waals surface area (Å²) in [5.74, 6) is -0.498. The first-order valence-electron chi connectivity index (χ1n) is 5.17. The molecule has 1 aromatic carbocycles. The molecule has 1 heterocycles. The van der Waals surface area contributed by atoms with Crippen molar-refractivity contribution in [3.05, 3.63) is 29.1 Å². The first-order valence-corrected chi connectivity index (χ1v) is 5.17. The van der Waals surface area contributed by atoms with E-state index in [4.69, 9.17) is 0 Å². The molecule has 1 amide bonds. The summed E-state index contributed by atoms with van der Waals surface area (Å²) >= 11 is 0. The highest BCUT2D eigenvalue weighted by molar-refractivity contribution is 6.00. The predicted molar refractivity (Wildman–Crippen MR) is 58.8 cm³/mol. The molecule has 0 saturated heterocycles. The lowest BCUT2D eigenvalue weighted by atomic mass is 9.83. The Hall–Kier alpha value is -1.42. The van der Waals surface area contributed by atoms with E-state index in [1.165, 1.54) is 12.1 Å². The summed E-state index contributed by atoms with van der Waals surface area (Å²) in [4.78, 5) is 11.3. The first kappa shape index (κ1) is 11.1. The number of hydrogen-bond acceptors (Lipinski definition) is 2. The molecule has 0 bridgehead atoms. The van der Waals surface area contributed by atoms with Gasteiger partial charge in [-0.2, -0.15) is 0 Å².